The predicted octanol–water partition coefficient (Wildman–Crippen LogP) is 5.80. The molecule has 1 saturated heterocycles. The minimum atomic E-state index is 0.0328. The Morgan fingerprint density at radius 2 is 1.79 bits per heavy atom. The lowest BCUT2D eigenvalue weighted by Gasteiger charge is -2.37. The summed E-state index contributed by atoms with van der Waals surface area (Å²) in [6.45, 7) is 4.41. The van der Waals surface area contributed by atoms with Crippen LogP contribution in [0.4, 0.5) is 0 Å². The molecule has 3 aromatic rings. The second kappa shape index (κ2) is 9.18. The van der Waals surface area contributed by atoms with E-state index in [1.165, 1.54) is 49.1 Å². The molecule has 2 unspecified atom stereocenters. The Balaban J connectivity index is 1.60. The van der Waals surface area contributed by atoms with Crippen molar-refractivity contribution in [2.75, 3.05) is 7.11 Å². The van der Waals surface area contributed by atoms with Crippen LogP contribution in [0, 0.1) is 13.8 Å². The van der Waals surface area contributed by atoms with Gasteiger partial charge in [-0.25, -0.2) is 0 Å². The van der Waals surface area contributed by atoms with Crippen LogP contribution in [0.3, 0.4) is 0 Å². The first-order valence-electron chi connectivity index (χ1n) is 11.9. The smallest absolute Gasteiger partial charge is 0.170 e. The van der Waals surface area contributed by atoms with E-state index in [2.05, 4.69) is 59.0 Å². The lowest BCUT2D eigenvalue weighted by atomic mass is 9.90. The Hall–Kier alpha value is -2.86. The van der Waals surface area contributed by atoms with Crippen molar-refractivity contribution >= 4 is 17.3 Å². The third kappa shape index (κ3) is 4.01. The summed E-state index contributed by atoms with van der Waals surface area (Å²) in [5.41, 5.74) is 5.96. The van der Waals surface area contributed by atoms with E-state index >= 15 is 0 Å². The molecule has 172 valence electrons. The van der Waals surface area contributed by atoms with Crippen molar-refractivity contribution in [2.24, 2.45) is 0 Å². The number of nitrogens with one attached hydrogen (secondary N) is 1. The average molecular weight is 461 g/mol. The Kier molecular flexibility index (Phi) is 6.11. The second-order valence-corrected chi connectivity index (χ2v) is 9.57. The number of hydrogen-bond donors (Lipinski definition) is 1. The van der Waals surface area contributed by atoms with Crippen molar-refractivity contribution in [3.8, 4) is 11.4 Å². The molecule has 1 aliphatic carbocycles. The molecule has 3 heterocycles. The lowest BCUT2D eigenvalue weighted by molar-refractivity contribution is 0.197. The number of ether oxygens (including phenoxy) is 1. The minimum absolute atomic E-state index is 0.0328. The van der Waals surface area contributed by atoms with Gasteiger partial charge in [0.2, 0.25) is 0 Å². The molecule has 2 atom stereocenters. The number of rotatable bonds is 5. The van der Waals surface area contributed by atoms with Crippen molar-refractivity contribution in [1.29, 1.82) is 0 Å². The van der Waals surface area contributed by atoms with Gasteiger partial charge < -0.3 is 19.5 Å². The van der Waals surface area contributed by atoms with Crippen LogP contribution in [-0.4, -0.2) is 32.7 Å². The molecular formula is C27H32N4OS. The summed E-state index contributed by atoms with van der Waals surface area (Å²) in [5.74, 6) is 0.866. The van der Waals surface area contributed by atoms with Crippen LogP contribution in [0.5, 0.6) is 5.75 Å². The summed E-state index contributed by atoms with van der Waals surface area (Å²) in [7, 11) is 1.70. The number of thiocarbonyl (C=S) groups is 1. The van der Waals surface area contributed by atoms with Gasteiger partial charge >= 0.3 is 0 Å². The van der Waals surface area contributed by atoms with E-state index in [0.717, 1.165) is 22.2 Å². The molecule has 1 aliphatic heterocycles. The Bertz CT molecular complexity index is 1120. The van der Waals surface area contributed by atoms with Crippen LogP contribution in [-0.2, 0) is 0 Å². The van der Waals surface area contributed by atoms with E-state index in [1.54, 1.807) is 7.11 Å². The van der Waals surface area contributed by atoms with Gasteiger partial charge in [-0.05, 0) is 86.9 Å². The zero-order valence-electron chi connectivity index (χ0n) is 19.6. The molecule has 0 bridgehead atoms. The number of nitrogens with zero attached hydrogens (tertiary/aromatic N) is 3. The highest BCUT2D eigenvalue weighted by Gasteiger charge is 2.44. The average Bonchev–Trinajstić information content (AvgIpc) is 3.35. The third-order valence-corrected chi connectivity index (χ3v) is 7.55. The number of aromatic nitrogens is 2. The maximum atomic E-state index is 5.95. The number of benzene rings is 1. The highest BCUT2D eigenvalue weighted by atomic mass is 32.1. The SMILES string of the molecule is COc1ccc(-n2c(C)cc(C3C(c4ccccn4)NC(=S)N3C3CCCCC3)c2C)cc1. The van der Waals surface area contributed by atoms with E-state index in [1.807, 2.05) is 24.4 Å². The molecule has 1 saturated carbocycles. The lowest BCUT2D eigenvalue weighted by Crippen LogP contribution is -2.40. The number of methoxy groups -OCH3 is 1. The zero-order chi connectivity index (χ0) is 22.9. The van der Waals surface area contributed by atoms with Crippen LogP contribution in [0.25, 0.3) is 5.69 Å². The quantitative estimate of drug-likeness (QED) is 0.487. The predicted molar refractivity (Wildman–Crippen MR) is 136 cm³/mol. The van der Waals surface area contributed by atoms with E-state index in [-0.39, 0.29) is 12.1 Å². The molecule has 6 heteroatoms. The fraction of sp³-hybridized carbons (Fsp3) is 0.407. The van der Waals surface area contributed by atoms with Gasteiger partial charge in [-0.2, -0.15) is 0 Å². The number of hydrogen-bond acceptors (Lipinski definition) is 3. The first-order chi connectivity index (χ1) is 16.1. The van der Waals surface area contributed by atoms with Crippen LogP contribution in [0.2, 0.25) is 0 Å². The largest absolute Gasteiger partial charge is 0.497 e. The molecular weight excluding hydrogens is 428 g/mol. The third-order valence-electron chi connectivity index (χ3n) is 7.22. The summed E-state index contributed by atoms with van der Waals surface area (Å²) in [5, 5.41) is 4.50. The van der Waals surface area contributed by atoms with Gasteiger partial charge in [0.1, 0.15) is 5.75 Å². The molecule has 0 amide bonds. The van der Waals surface area contributed by atoms with Crippen molar-refractivity contribution < 1.29 is 4.74 Å². The van der Waals surface area contributed by atoms with Gasteiger partial charge in [0.25, 0.3) is 0 Å². The maximum absolute atomic E-state index is 5.95. The normalized spacial score (nSPS) is 21.3. The van der Waals surface area contributed by atoms with Crippen molar-refractivity contribution in [3.05, 3.63) is 77.4 Å². The van der Waals surface area contributed by atoms with Gasteiger partial charge in [0.05, 0.1) is 24.9 Å². The second-order valence-electron chi connectivity index (χ2n) is 9.19. The van der Waals surface area contributed by atoms with Gasteiger partial charge in [-0.3, -0.25) is 4.98 Å². The van der Waals surface area contributed by atoms with Crippen molar-refractivity contribution in [1.82, 2.24) is 19.8 Å². The van der Waals surface area contributed by atoms with Crippen LogP contribution in [0.1, 0.15) is 66.8 Å². The molecule has 2 aromatic heterocycles. The fourth-order valence-corrected chi connectivity index (χ4v) is 6.06. The van der Waals surface area contributed by atoms with Crippen LogP contribution < -0.4 is 10.1 Å². The van der Waals surface area contributed by atoms with Crippen LogP contribution >= 0.6 is 12.2 Å². The summed E-state index contributed by atoms with van der Waals surface area (Å²) in [4.78, 5) is 7.21. The molecule has 2 fully saturated rings. The molecule has 1 N–H and O–H groups in total. The minimum Gasteiger partial charge on any atom is -0.497 e. The standard InChI is InChI=1S/C27H32N4OS/c1-18-17-23(19(2)30(18)21-12-14-22(32-3)15-13-21)26-25(24-11-7-8-16-28-24)29-27(33)31(26)20-9-5-4-6-10-20/h7-8,11-17,20,25-26H,4-6,9-10H2,1-3H3,(H,29,33). The van der Waals surface area contributed by atoms with Crippen LogP contribution in [0.15, 0.2) is 54.7 Å². The summed E-state index contributed by atoms with van der Waals surface area (Å²) in [6.07, 6.45) is 8.14. The molecule has 0 spiro atoms. The molecule has 5 rings (SSSR count). The Labute approximate surface area is 201 Å². The molecule has 2 aliphatic rings. The van der Waals surface area contributed by atoms with Gasteiger partial charge in [0, 0.05) is 29.3 Å². The number of pyridine rings is 1. The van der Waals surface area contributed by atoms with Crippen molar-refractivity contribution in [3.63, 3.8) is 0 Å². The zero-order valence-corrected chi connectivity index (χ0v) is 20.4. The van der Waals surface area contributed by atoms with E-state index < -0.39 is 0 Å². The monoisotopic (exact) mass is 460 g/mol. The van der Waals surface area contributed by atoms with Gasteiger partial charge in [0.15, 0.2) is 5.11 Å². The first-order valence-corrected chi connectivity index (χ1v) is 12.3. The molecule has 0 radical (unpaired) electrons. The van der Waals surface area contributed by atoms with Crippen molar-refractivity contribution in [2.45, 2.75) is 64.1 Å². The Morgan fingerprint density at radius 3 is 2.45 bits per heavy atom. The van der Waals surface area contributed by atoms with Gasteiger partial charge in [-0.1, -0.05) is 25.3 Å². The summed E-state index contributed by atoms with van der Waals surface area (Å²) < 4.78 is 7.70. The molecule has 5 nitrogen and oxygen atoms in total. The van der Waals surface area contributed by atoms with E-state index in [9.17, 15) is 0 Å². The maximum Gasteiger partial charge on any atom is 0.170 e. The fourth-order valence-electron chi connectivity index (χ4n) is 5.67. The summed E-state index contributed by atoms with van der Waals surface area (Å²) in [6, 6.07) is 17.4. The summed E-state index contributed by atoms with van der Waals surface area (Å²) >= 11 is 5.95. The van der Waals surface area contributed by atoms with E-state index in [4.69, 9.17) is 21.9 Å². The molecule has 33 heavy (non-hydrogen) atoms. The first kappa shape index (κ1) is 22.0. The number of aryl methyl sites for hydroxylation is 1. The Morgan fingerprint density at radius 1 is 1.03 bits per heavy atom. The van der Waals surface area contributed by atoms with Gasteiger partial charge in [-0.15, -0.1) is 0 Å². The highest BCUT2D eigenvalue weighted by Crippen LogP contribution is 2.44. The topological polar surface area (TPSA) is 42.3 Å². The highest BCUT2D eigenvalue weighted by molar-refractivity contribution is 7.80. The van der Waals surface area contributed by atoms with E-state index in [0.29, 0.717) is 6.04 Å². The molecule has 1 aromatic carbocycles.